The summed E-state index contributed by atoms with van der Waals surface area (Å²) in [5.74, 6) is 0.907. The Hall–Kier alpha value is -2.61. The van der Waals surface area contributed by atoms with E-state index in [9.17, 15) is 9.00 Å². The van der Waals surface area contributed by atoms with Gasteiger partial charge in [0, 0.05) is 41.7 Å². The summed E-state index contributed by atoms with van der Waals surface area (Å²) >= 11 is 6.19. The predicted octanol–water partition coefficient (Wildman–Crippen LogP) is 3.91. The van der Waals surface area contributed by atoms with Gasteiger partial charge in [0.25, 0.3) is 0 Å². The van der Waals surface area contributed by atoms with Gasteiger partial charge in [0.15, 0.2) is 0 Å². The average Bonchev–Trinajstić information content (AvgIpc) is 3.26. The molecule has 2 aromatic carbocycles. The molecule has 5 rings (SSSR count). The van der Waals surface area contributed by atoms with Crippen LogP contribution in [0.3, 0.4) is 0 Å². The van der Waals surface area contributed by atoms with Crippen molar-refractivity contribution < 1.29 is 13.4 Å². The van der Waals surface area contributed by atoms with E-state index in [2.05, 4.69) is 10.2 Å². The van der Waals surface area contributed by atoms with Crippen LogP contribution in [-0.4, -0.2) is 46.1 Å². The Morgan fingerprint density at radius 1 is 1.06 bits per heavy atom. The van der Waals surface area contributed by atoms with E-state index in [-0.39, 0.29) is 5.91 Å². The molecule has 2 unspecified atom stereocenters. The minimum atomic E-state index is -1.39. The van der Waals surface area contributed by atoms with Crippen LogP contribution >= 0.6 is 11.6 Å². The molecule has 1 N–H and O–H groups in total. The summed E-state index contributed by atoms with van der Waals surface area (Å²) in [7, 11) is -1.39. The Balaban J connectivity index is 1.39. The monoisotopic (exact) mass is 455 g/mol. The summed E-state index contributed by atoms with van der Waals surface area (Å²) in [6.07, 6.45) is 1.68. The van der Waals surface area contributed by atoms with Crippen molar-refractivity contribution in [1.82, 2.24) is 9.80 Å². The van der Waals surface area contributed by atoms with Crippen LogP contribution in [0.4, 0.5) is 5.69 Å². The molecule has 1 saturated heterocycles. The zero-order chi connectivity index (χ0) is 21.4. The molecule has 0 aliphatic carbocycles. The minimum absolute atomic E-state index is 0.0186. The van der Waals surface area contributed by atoms with Crippen LogP contribution < -0.4 is 5.32 Å². The van der Waals surface area contributed by atoms with Crippen LogP contribution in [0.25, 0.3) is 0 Å². The van der Waals surface area contributed by atoms with Gasteiger partial charge in [-0.1, -0.05) is 29.8 Å². The molecule has 8 heteroatoms. The van der Waals surface area contributed by atoms with Crippen molar-refractivity contribution in [2.45, 2.75) is 22.4 Å². The number of nitrogens with one attached hydrogen (secondary N) is 1. The molecule has 1 fully saturated rings. The fraction of sp³-hybridized carbons (Fsp3) is 0.261. The largest absolute Gasteiger partial charge is 0.468 e. The molecule has 31 heavy (non-hydrogen) atoms. The number of carbonyl (C=O) groups is 1. The maximum atomic E-state index is 13.6. The molecule has 2 atom stereocenters. The Morgan fingerprint density at radius 2 is 1.87 bits per heavy atom. The molecule has 0 radical (unpaired) electrons. The molecule has 160 valence electrons. The zero-order valence-corrected chi connectivity index (χ0v) is 18.4. The molecular weight excluding hydrogens is 434 g/mol. The molecule has 6 nitrogen and oxygen atoms in total. The van der Waals surface area contributed by atoms with E-state index < -0.39 is 16.8 Å². The van der Waals surface area contributed by atoms with Gasteiger partial charge >= 0.3 is 0 Å². The summed E-state index contributed by atoms with van der Waals surface area (Å²) in [5.41, 5.74) is 1.38. The first-order chi connectivity index (χ1) is 15.1. The first-order valence-corrected chi connectivity index (χ1v) is 11.7. The number of hydrogen-bond donors (Lipinski definition) is 1. The standard InChI is InChI=1S/C23H22ClN3O3S/c24-16-7-8-21-19(14-16)25-22(18-5-1-2-6-20(18)31(21)29)23(28)27-11-9-26(10-12-27)15-17-4-3-13-30-17/h1-8,13-14,22,25H,9-12,15H2. The Labute approximate surface area is 188 Å². The summed E-state index contributed by atoms with van der Waals surface area (Å²) in [4.78, 5) is 19.0. The first kappa shape index (κ1) is 20.3. The smallest absolute Gasteiger partial charge is 0.249 e. The number of amides is 1. The highest BCUT2D eigenvalue weighted by molar-refractivity contribution is 7.85. The van der Waals surface area contributed by atoms with Crippen LogP contribution in [0.15, 0.2) is 75.1 Å². The number of nitrogens with zero attached hydrogens (tertiary/aromatic N) is 2. The van der Waals surface area contributed by atoms with Gasteiger partial charge in [-0.3, -0.25) is 9.69 Å². The zero-order valence-electron chi connectivity index (χ0n) is 16.8. The van der Waals surface area contributed by atoms with Crippen LogP contribution in [0.1, 0.15) is 17.4 Å². The minimum Gasteiger partial charge on any atom is -0.468 e. The summed E-state index contributed by atoms with van der Waals surface area (Å²) in [5, 5.41) is 3.87. The number of rotatable bonds is 3. The van der Waals surface area contributed by atoms with Crippen molar-refractivity contribution in [2.24, 2.45) is 0 Å². The number of benzene rings is 2. The SMILES string of the molecule is O=C(C1Nc2cc(Cl)ccc2S(=O)c2ccccc21)N1CCN(Cc2ccco2)CC1. The second-order valence-corrected chi connectivity index (χ2v) is 9.56. The molecule has 2 aliphatic rings. The second-order valence-electron chi connectivity index (χ2n) is 7.71. The van der Waals surface area contributed by atoms with Crippen molar-refractivity contribution in [3.05, 3.63) is 77.2 Å². The molecule has 0 saturated carbocycles. The lowest BCUT2D eigenvalue weighted by Gasteiger charge is -2.36. The van der Waals surface area contributed by atoms with Crippen molar-refractivity contribution >= 4 is 34.0 Å². The van der Waals surface area contributed by atoms with Crippen LogP contribution in [0.2, 0.25) is 5.02 Å². The molecular formula is C23H22ClN3O3S. The summed E-state index contributed by atoms with van der Waals surface area (Å²) in [6, 6.07) is 15.9. The highest BCUT2D eigenvalue weighted by Gasteiger charge is 2.34. The van der Waals surface area contributed by atoms with Crippen molar-refractivity contribution in [2.75, 3.05) is 31.5 Å². The van der Waals surface area contributed by atoms with Gasteiger partial charge in [-0.05, 0) is 36.4 Å². The third-order valence-electron chi connectivity index (χ3n) is 5.76. The van der Waals surface area contributed by atoms with Gasteiger partial charge in [-0.15, -0.1) is 0 Å². The fourth-order valence-corrected chi connectivity index (χ4v) is 5.66. The average molecular weight is 456 g/mol. The van der Waals surface area contributed by atoms with E-state index in [1.807, 2.05) is 41.3 Å². The number of hydrogen-bond acceptors (Lipinski definition) is 5. The van der Waals surface area contributed by atoms with Crippen LogP contribution in [0.5, 0.6) is 0 Å². The lowest BCUT2D eigenvalue weighted by molar-refractivity contribution is -0.134. The van der Waals surface area contributed by atoms with Gasteiger partial charge < -0.3 is 14.6 Å². The Morgan fingerprint density at radius 3 is 2.65 bits per heavy atom. The van der Waals surface area contributed by atoms with Crippen molar-refractivity contribution in [3.8, 4) is 0 Å². The number of halogens is 1. The first-order valence-electron chi connectivity index (χ1n) is 10.2. The number of anilines is 1. The number of furan rings is 1. The molecule has 3 aromatic rings. The highest BCUT2D eigenvalue weighted by atomic mass is 35.5. The van der Waals surface area contributed by atoms with Gasteiger partial charge in [-0.25, -0.2) is 4.21 Å². The number of piperazine rings is 1. The van der Waals surface area contributed by atoms with Gasteiger partial charge in [0.05, 0.1) is 34.2 Å². The third-order valence-corrected chi connectivity index (χ3v) is 7.52. The van der Waals surface area contributed by atoms with E-state index in [4.69, 9.17) is 16.0 Å². The maximum Gasteiger partial charge on any atom is 0.249 e. The third kappa shape index (κ3) is 4.01. The van der Waals surface area contributed by atoms with Crippen LogP contribution in [-0.2, 0) is 22.1 Å². The van der Waals surface area contributed by atoms with E-state index in [0.29, 0.717) is 33.6 Å². The summed E-state index contributed by atoms with van der Waals surface area (Å²) in [6.45, 7) is 3.55. The van der Waals surface area contributed by atoms with Gasteiger partial charge in [0.1, 0.15) is 11.8 Å². The molecule has 1 amide bonds. The quantitative estimate of drug-likeness (QED) is 0.648. The lowest BCUT2D eigenvalue weighted by Crippen LogP contribution is -2.50. The van der Waals surface area contributed by atoms with Crippen LogP contribution in [0, 0.1) is 0 Å². The van der Waals surface area contributed by atoms with E-state index in [0.717, 1.165) is 31.0 Å². The topological polar surface area (TPSA) is 65.8 Å². The van der Waals surface area contributed by atoms with Crippen molar-refractivity contribution in [1.29, 1.82) is 0 Å². The molecule has 3 heterocycles. The summed E-state index contributed by atoms with van der Waals surface area (Å²) < 4.78 is 18.7. The Bertz CT molecular complexity index is 1130. The van der Waals surface area contributed by atoms with Crippen molar-refractivity contribution in [3.63, 3.8) is 0 Å². The van der Waals surface area contributed by atoms with E-state index in [1.165, 1.54) is 0 Å². The highest BCUT2D eigenvalue weighted by Crippen LogP contribution is 2.37. The number of fused-ring (bicyclic) bond motifs is 2. The van der Waals surface area contributed by atoms with Gasteiger partial charge in [-0.2, -0.15) is 0 Å². The normalized spacial score (nSPS) is 21.0. The molecule has 1 aromatic heterocycles. The molecule has 0 spiro atoms. The van der Waals surface area contributed by atoms with E-state index >= 15 is 0 Å². The lowest BCUT2D eigenvalue weighted by atomic mass is 10.0. The maximum absolute atomic E-state index is 13.6. The second kappa shape index (κ2) is 8.49. The predicted molar refractivity (Wildman–Crippen MR) is 119 cm³/mol. The number of carbonyl (C=O) groups excluding carboxylic acids is 1. The Kier molecular flexibility index (Phi) is 5.56. The molecule has 0 bridgehead atoms. The van der Waals surface area contributed by atoms with E-state index in [1.54, 1.807) is 24.5 Å². The molecule has 2 aliphatic heterocycles. The fourth-order valence-electron chi connectivity index (χ4n) is 4.14. The van der Waals surface area contributed by atoms with Gasteiger partial charge in [0.2, 0.25) is 5.91 Å².